The van der Waals surface area contributed by atoms with Gasteiger partial charge in [-0.2, -0.15) is 0 Å². The van der Waals surface area contributed by atoms with Gasteiger partial charge in [-0.15, -0.1) is 0 Å². The number of ether oxygens (including phenoxy) is 1. The van der Waals surface area contributed by atoms with Gasteiger partial charge in [0.05, 0.1) is 0 Å². The molecule has 5 aliphatic carbocycles. The molecule has 6 atom stereocenters. The van der Waals surface area contributed by atoms with Gasteiger partial charge in [0.15, 0.2) is 0 Å². The maximum absolute atomic E-state index is 14.7. The number of amides is 5. The highest BCUT2D eigenvalue weighted by Gasteiger charge is 2.60. The standard InChI is InChI=1S/C31H47N5O6/c1-30(2,3)42-29(41)35-24(31-13-16-8-17(14-31)10-18(9-16)15-31)28(40)36-21-5-4-19(11-21)23(36)27(39)34-22(25(32)37)12-20-6-7-33-26(20)38/h16-24H,4-15H2,1-3H3,(H2,32,37)(H,33,38)(H,34,39)(H,35,41)/t16?,17?,18?,19-,20-,21+,22-,23-,24+,31?/m0/s1. The Morgan fingerprint density at radius 3 is 2.19 bits per heavy atom. The number of likely N-dealkylation sites (tertiary alicyclic amines) is 1. The Bertz CT molecular complexity index is 1110. The quantitative estimate of drug-likeness (QED) is 0.341. The molecule has 0 aromatic carbocycles. The molecule has 2 saturated heterocycles. The summed E-state index contributed by atoms with van der Waals surface area (Å²) in [6.07, 6.45) is 8.74. The first kappa shape index (κ1) is 29.2. The lowest BCUT2D eigenvalue weighted by molar-refractivity contribution is -0.153. The molecule has 232 valence electrons. The third kappa shape index (κ3) is 5.48. The van der Waals surface area contributed by atoms with Crippen LogP contribution in [-0.2, 0) is 23.9 Å². The van der Waals surface area contributed by atoms with E-state index in [1.54, 1.807) is 25.7 Å². The molecule has 0 unspecified atom stereocenters. The topological polar surface area (TPSA) is 160 Å². The molecule has 5 amide bonds. The van der Waals surface area contributed by atoms with E-state index in [0.29, 0.717) is 30.7 Å². The summed E-state index contributed by atoms with van der Waals surface area (Å²) in [4.78, 5) is 68.1. The van der Waals surface area contributed by atoms with Crippen molar-refractivity contribution >= 4 is 29.7 Å². The summed E-state index contributed by atoms with van der Waals surface area (Å²) in [6, 6.07) is -2.61. The van der Waals surface area contributed by atoms with E-state index in [0.717, 1.165) is 38.5 Å². The Morgan fingerprint density at radius 1 is 1.00 bits per heavy atom. The van der Waals surface area contributed by atoms with Gasteiger partial charge in [0, 0.05) is 23.9 Å². The molecule has 5 N–H and O–H groups in total. The molecule has 11 heteroatoms. The highest BCUT2D eigenvalue weighted by molar-refractivity contribution is 5.95. The summed E-state index contributed by atoms with van der Waals surface area (Å²) in [5, 5.41) is 8.62. The summed E-state index contributed by atoms with van der Waals surface area (Å²) < 4.78 is 5.65. The van der Waals surface area contributed by atoms with Crippen LogP contribution in [0, 0.1) is 35.0 Å². The number of hydrogen-bond donors (Lipinski definition) is 4. The number of carbonyl (C=O) groups is 5. The Hall–Kier alpha value is -2.85. The van der Waals surface area contributed by atoms with Crippen molar-refractivity contribution < 1.29 is 28.7 Å². The van der Waals surface area contributed by atoms with Crippen LogP contribution in [0.3, 0.4) is 0 Å². The Labute approximate surface area is 247 Å². The predicted molar refractivity (Wildman–Crippen MR) is 152 cm³/mol. The van der Waals surface area contributed by atoms with E-state index in [9.17, 15) is 24.0 Å². The van der Waals surface area contributed by atoms with E-state index < -0.39 is 41.6 Å². The SMILES string of the molecule is CC(C)(C)OC(=O)N[C@H](C(=O)N1[C@@H]2CC[C@@H](C2)[C@H]1C(=O)N[C@@H](C[C@@H]1CCNC1=O)C(N)=O)C12CC3CC(CC(C3)C1)C2. The summed E-state index contributed by atoms with van der Waals surface area (Å²) in [5.41, 5.74) is 4.61. The van der Waals surface area contributed by atoms with Crippen molar-refractivity contribution in [2.24, 2.45) is 40.7 Å². The molecule has 0 spiro atoms. The van der Waals surface area contributed by atoms with Crippen LogP contribution < -0.4 is 21.7 Å². The minimum absolute atomic E-state index is 0.0270. The molecular formula is C31H47N5O6. The average molecular weight is 586 g/mol. The van der Waals surface area contributed by atoms with Gasteiger partial charge in [-0.1, -0.05) is 0 Å². The van der Waals surface area contributed by atoms with Gasteiger partial charge in [0.1, 0.15) is 23.7 Å². The third-order valence-electron chi connectivity index (χ3n) is 11.1. The lowest BCUT2D eigenvalue weighted by atomic mass is 9.47. The first-order chi connectivity index (χ1) is 19.8. The maximum Gasteiger partial charge on any atom is 0.408 e. The van der Waals surface area contributed by atoms with Crippen LogP contribution in [0.4, 0.5) is 4.79 Å². The molecule has 42 heavy (non-hydrogen) atoms. The molecule has 11 nitrogen and oxygen atoms in total. The molecule has 5 saturated carbocycles. The van der Waals surface area contributed by atoms with Crippen LogP contribution in [0.5, 0.6) is 0 Å². The molecule has 7 aliphatic rings. The second-order valence-electron chi connectivity index (χ2n) is 15.3. The molecule has 0 radical (unpaired) electrons. The van der Waals surface area contributed by atoms with Crippen LogP contribution in [0.25, 0.3) is 0 Å². The number of nitrogens with zero attached hydrogens (tertiary/aromatic N) is 1. The highest BCUT2D eigenvalue weighted by atomic mass is 16.6. The number of primary amides is 1. The normalized spacial score (nSPS) is 37.7. The van der Waals surface area contributed by atoms with Gasteiger partial charge in [-0.3, -0.25) is 19.2 Å². The second kappa shape index (κ2) is 10.7. The van der Waals surface area contributed by atoms with Gasteiger partial charge in [-0.25, -0.2) is 4.79 Å². The van der Waals surface area contributed by atoms with Gasteiger partial charge in [0.25, 0.3) is 0 Å². The molecular weight excluding hydrogens is 538 g/mol. The van der Waals surface area contributed by atoms with Crippen molar-refractivity contribution in [1.29, 1.82) is 0 Å². The zero-order chi connectivity index (χ0) is 30.0. The fourth-order valence-electron chi connectivity index (χ4n) is 9.88. The van der Waals surface area contributed by atoms with Crippen LogP contribution >= 0.6 is 0 Å². The number of nitrogens with two attached hydrogens (primary N) is 1. The first-order valence-corrected chi connectivity index (χ1v) is 16.0. The van der Waals surface area contributed by atoms with E-state index in [1.807, 2.05) is 0 Å². The van der Waals surface area contributed by atoms with E-state index in [1.165, 1.54) is 19.3 Å². The Kier molecular flexibility index (Phi) is 7.45. The fourth-order valence-corrected chi connectivity index (χ4v) is 9.88. The lowest BCUT2D eigenvalue weighted by Gasteiger charge is -2.59. The number of fused-ring (bicyclic) bond motifs is 2. The van der Waals surface area contributed by atoms with Gasteiger partial charge in [-0.05, 0) is 115 Å². The van der Waals surface area contributed by atoms with Crippen molar-refractivity contribution in [3.8, 4) is 0 Å². The van der Waals surface area contributed by atoms with Crippen LogP contribution in [0.1, 0.15) is 91.4 Å². The molecule has 7 fully saturated rings. The van der Waals surface area contributed by atoms with Crippen LogP contribution in [0.2, 0.25) is 0 Å². The minimum atomic E-state index is -0.999. The number of rotatable bonds is 8. The van der Waals surface area contributed by atoms with Gasteiger partial charge >= 0.3 is 6.09 Å². The second-order valence-corrected chi connectivity index (χ2v) is 15.3. The lowest BCUT2D eigenvalue weighted by Crippen LogP contribution is -2.66. The number of alkyl carbamates (subject to hydrolysis) is 1. The molecule has 2 heterocycles. The molecule has 7 rings (SSSR count). The summed E-state index contributed by atoms with van der Waals surface area (Å²) in [5.74, 6) is -0.179. The molecule has 2 aliphatic heterocycles. The Balaban J connectivity index is 1.26. The van der Waals surface area contributed by atoms with Crippen molar-refractivity contribution in [3.63, 3.8) is 0 Å². The van der Waals surface area contributed by atoms with Crippen molar-refractivity contribution in [2.75, 3.05) is 6.54 Å². The summed E-state index contributed by atoms with van der Waals surface area (Å²) in [7, 11) is 0. The summed E-state index contributed by atoms with van der Waals surface area (Å²) in [6.45, 7) is 5.95. The van der Waals surface area contributed by atoms with Crippen molar-refractivity contribution in [3.05, 3.63) is 0 Å². The van der Waals surface area contributed by atoms with E-state index >= 15 is 0 Å². The van der Waals surface area contributed by atoms with Gasteiger partial charge in [0.2, 0.25) is 23.6 Å². The van der Waals surface area contributed by atoms with E-state index in [4.69, 9.17) is 10.5 Å². The van der Waals surface area contributed by atoms with Crippen LogP contribution in [-0.4, -0.2) is 70.9 Å². The zero-order valence-electron chi connectivity index (χ0n) is 25.2. The maximum atomic E-state index is 14.7. The van der Waals surface area contributed by atoms with Gasteiger partial charge < -0.3 is 31.3 Å². The monoisotopic (exact) mass is 585 g/mol. The number of hydrogen-bond acceptors (Lipinski definition) is 6. The molecule has 0 aromatic rings. The number of carbonyl (C=O) groups excluding carboxylic acids is 5. The average Bonchev–Trinajstić information content (AvgIpc) is 3.61. The van der Waals surface area contributed by atoms with Crippen molar-refractivity contribution in [2.45, 2.75) is 121 Å². The zero-order valence-corrected chi connectivity index (χ0v) is 25.2. The third-order valence-corrected chi connectivity index (χ3v) is 11.1. The Morgan fingerprint density at radius 2 is 1.64 bits per heavy atom. The number of piperidine rings is 1. The predicted octanol–water partition coefficient (Wildman–Crippen LogP) is 1.97. The van der Waals surface area contributed by atoms with Crippen LogP contribution in [0.15, 0.2) is 0 Å². The largest absolute Gasteiger partial charge is 0.444 e. The minimum Gasteiger partial charge on any atom is -0.444 e. The molecule has 6 bridgehead atoms. The summed E-state index contributed by atoms with van der Waals surface area (Å²) >= 11 is 0. The highest BCUT2D eigenvalue weighted by Crippen LogP contribution is 2.62. The molecule has 0 aromatic heterocycles. The van der Waals surface area contributed by atoms with E-state index in [2.05, 4.69) is 16.0 Å². The van der Waals surface area contributed by atoms with E-state index in [-0.39, 0.29) is 41.5 Å². The number of nitrogens with one attached hydrogen (secondary N) is 3. The van der Waals surface area contributed by atoms with Crippen molar-refractivity contribution in [1.82, 2.24) is 20.9 Å². The smallest absolute Gasteiger partial charge is 0.408 e. The fraction of sp³-hybridized carbons (Fsp3) is 0.839. The first-order valence-electron chi connectivity index (χ1n) is 16.0.